The molecule has 0 aliphatic heterocycles. The Morgan fingerprint density at radius 3 is 2.52 bits per heavy atom. The number of nitrogens with one attached hydrogen (secondary N) is 2. The highest BCUT2D eigenvalue weighted by Crippen LogP contribution is 2.40. The van der Waals surface area contributed by atoms with Crippen LogP contribution in [0.5, 0.6) is 11.5 Å². The summed E-state index contributed by atoms with van der Waals surface area (Å²) in [6.07, 6.45) is 6.25. The lowest BCUT2D eigenvalue weighted by molar-refractivity contribution is 0.138. The first-order chi connectivity index (χ1) is 12.7. The van der Waals surface area contributed by atoms with Gasteiger partial charge in [0, 0.05) is 33.4 Å². The zero-order chi connectivity index (χ0) is 18.7. The standard InChI is InChI=1S/C20H33N3O3.HI/c1-21-19(23-16-20(11-13-24-2)9-4-5-10-20)22-12-14-26-18-8-6-7-17(15-18)25-3;/h6-8,15H,4-5,9-14,16H2,1-3H3,(H2,21,22,23);1H. The lowest BCUT2D eigenvalue weighted by atomic mass is 9.83. The Labute approximate surface area is 180 Å². The van der Waals surface area contributed by atoms with Crippen LogP contribution in [0.3, 0.4) is 0 Å². The van der Waals surface area contributed by atoms with Crippen molar-refractivity contribution in [3.8, 4) is 11.5 Å². The molecule has 1 aromatic rings. The number of ether oxygens (including phenoxy) is 3. The first-order valence-electron chi connectivity index (χ1n) is 9.42. The molecule has 0 heterocycles. The summed E-state index contributed by atoms with van der Waals surface area (Å²) in [5.41, 5.74) is 0.338. The van der Waals surface area contributed by atoms with Gasteiger partial charge in [-0.05, 0) is 36.8 Å². The van der Waals surface area contributed by atoms with E-state index in [1.807, 2.05) is 24.3 Å². The topological polar surface area (TPSA) is 64.1 Å². The van der Waals surface area contributed by atoms with Gasteiger partial charge in [0.05, 0.1) is 13.7 Å². The number of halogens is 1. The molecule has 2 rings (SSSR count). The molecule has 154 valence electrons. The molecule has 0 unspecified atom stereocenters. The number of benzene rings is 1. The van der Waals surface area contributed by atoms with Crippen molar-refractivity contribution in [2.24, 2.45) is 10.4 Å². The molecule has 0 radical (unpaired) electrons. The third-order valence-corrected chi connectivity index (χ3v) is 5.06. The molecule has 0 amide bonds. The zero-order valence-corrected chi connectivity index (χ0v) is 19.1. The van der Waals surface area contributed by atoms with Crippen LogP contribution in [-0.4, -0.2) is 53.5 Å². The monoisotopic (exact) mass is 491 g/mol. The Hall–Kier alpha value is -1.22. The van der Waals surface area contributed by atoms with Crippen molar-refractivity contribution >= 4 is 29.9 Å². The van der Waals surface area contributed by atoms with Gasteiger partial charge < -0.3 is 24.8 Å². The molecule has 1 saturated carbocycles. The van der Waals surface area contributed by atoms with Gasteiger partial charge in [0.1, 0.15) is 18.1 Å². The predicted octanol–water partition coefficient (Wildman–Crippen LogP) is 3.45. The van der Waals surface area contributed by atoms with Gasteiger partial charge >= 0.3 is 0 Å². The van der Waals surface area contributed by atoms with E-state index >= 15 is 0 Å². The first-order valence-corrected chi connectivity index (χ1v) is 9.42. The van der Waals surface area contributed by atoms with Gasteiger partial charge in [0.2, 0.25) is 0 Å². The second-order valence-corrected chi connectivity index (χ2v) is 6.83. The molecular weight excluding hydrogens is 457 g/mol. The molecule has 7 heteroatoms. The summed E-state index contributed by atoms with van der Waals surface area (Å²) in [5, 5.41) is 6.80. The minimum Gasteiger partial charge on any atom is -0.497 e. The quantitative estimate of drug-likeness (QED) is 0.227. The van der Waals surface area contributed by atoms with Crippen molar-refractivity contribution in [3.05, 3.63) is 24.3 Å². The Morgan fingerprint density at radius 1 is 1.11 bits per heavy atom. The average molecular weight is 491 g/mol. The summed E-state index contributed by atoms with van der Waals surface area (Å²) in [6, 6.07) is 7.63. The van der Waals surface area contributed by atoms with Crippen LogP contribution < -0.4 is 20.1 Å². The largest absolute Gasteiger partial charge is 0.497 e. The van der Waals surface area contributed by atoms with E-state index < -0.39 is 0 Å². The van der Waals surface area contributed by atoms with Crippen LogP contribution >= 0.6 is 24.0 Å². The van der Waals surface area contributed by atoms with Crippen molar-refractivity contribution in [2.45, 2.75) is 32.1 Å². The van der Waals surface area contributed by atoms with Crippen molar-refractivity contribution in [1.82, 2.24) is 10.6 Å². The molecule has 0 atom stereocenters. The van der Waals surface area contributed by atoms with E-state index in [4.69, 9.17) is 14.2 Å². The van der Waals surface area contributed by atoms with Gasteiger partial charge in [-0.1, -0.05) is 18.9 Å². The number of hydrogen-bond donors (Lipinski definition) is 2. The lowest BCUT2D eigenvalue weighted by Gasteiger charge is -2.29. The molecule has 1 aliphatic rings. The van der Waals surface area contributed by atoms with Gasteiger partial charge in [-0.2, -0.15) is 0 Å². The number of nitrogens with zero attached hydrogens (tertiary/aromatic N) is 1. The Morgan fingerprint density at radius 2 is 1.85 bits per heavy atom. The highest BCUT2D eigenvalue weighted by atomic mass is 127. The second kappa shape index (κ2) is 13.0. The smallest absolute Gasteiger partial charge is 0.191 e. The average Bonchev–Trinajstić information content (AvgIpc) is 3.15. The van der Waals surface area contributed by atoms with E-state index in [0.717, 1.165) is 37.0 Å². The molecule has 27 heavy (non-hydrogen) atoms. The number of methoxy groups -OCH3 is 2. The summed E-state index contributed by atoms with van der Waals surface area (Å²) in [5.74, 6) is 2.42. The van der Waals surface area contributed by atoms with E-state index in [1.54, 1.807) is 21.3 Å². The number of rotatable bonds is 10. The first kappa shape index (κ1) is 23.8. The van der Waals surface area contributed by atoms with E-state index in [2.05, 4.69) is 15.6 Å². The summed E-state index contributed by atoms with van der Waals surface area (Å²) in [4.78, 5) is 4.32. The van der Waals surface area contributed by atoms with Gasteiger partial charge in [0.25, 0.3) is 0 Å². The Bertz CT molecular complexity index is 563. The van der Waals surface area contributed by atoms with Crippen molar-refractivity contribution in [3.63, 3.8) is 0 Å². The lowest BCUT2D eigenvalue weighted by Crippen LogP contribution is -2.44. The summed E-state index contributed by atoms with van der Waals surface area (Å²) >= 11 is 0. The van der Waals surface area contributed by atoms with Crippen LogP contribution in [0.25, 0.3) is 0 Å². The maximum atomic E-state index is 5.75. The number of guanidine groups is 1. The normalized spacial score (nSPS) is 15.7. The summed E-state index contributed by atoms with van der Waals surface area (Å²) < 4.78 is 16.3. The molecule has 1 fully saturated rings. The van der Waals surface area contributed by atoms with E-state index in [1.165, 1.54) is 25.7 Å². The summed E-state index contributed by atoms with van der Waals surface area (Å²) in [7, 11) is 5.23. The van der Waals surface area contributed by atoms with Crippen LogP contribution in [0.2, 0.25) is 0 Å². The Kier molecular flexibility index (Phi) is 11.5. The van der Waals surface area contributed by atoms with Gasteiger partial charge in [0.15, 0.2) is 5.96 Å². The molecule has 0 saturated heterocycles. The molecule has 1 aliphatic carbocycles. The highest BCUT2D eigenvalue weighted by Gasteiger charge is 2.33. The van der Waals surface area contributed by atoms with Crippen LogP contribution in [-0.2, 0) is 4.74 Å². The van der Waals surface area contributed by atoms with Gasteiger partial charge in [-0.15, -0.1) is 24.0 Å². The predicted molar refractivity (Wildman–Crippen MR) is 121 cm³/mol. The SMILES string of the molecule is CN=C(NCCOc1cccc(OC)c1)NCC1(CCOC)CCCC1.I. The van der Waals surface area contributed by atoms with Crippen LogP contribution in [0.15, 0.2) is 29.3 Å². The maximum Gasteiger partial charge on any atom is 0.191 e. The van der Waals surface area contributed by atoms with Gasteiger partial charge in [-0.25, -0.2) is 0 Å². The van der Waals surface area contributed by atoms with Crippen molar-refractivity contribution < 1.29 is 14.2 Å². The Balaban J connectivity index is 0.00000364. The van der Waals surface area contributed by atoms with Crippen LogP contribution in [0.4, 0.5) is 0 Å². The van der Waals surface area contributed by atoms with Crippen LogP contribution in [0.1, 0.15) is 32.1 Å². The third-order valence-electron chi connectivity index (χ3n) is 5.06. The molecule has 2 N–H and O–H groups in total. The van der Waals surface area contributed by atoms with E-state index in [0.29, 0.717) is 18.6 Å². The minimum absolute atomic E-state index is 0. The fraction of sp³-hybridized carbons (Fsp3) is 0.650. The van der Waals surface area contributed by atoms with E-state index in [-0.39, 0.29) is 24.0 Å². The molecular formula is C20H34IN3O3. The fourth-order valence-electron chi connectivity index (χ4n) is 3.48. The molecule has 1 aromatic carbocycles. The highest BCUT2D eigenvalue weighted by molar-refractivity contribution is 14.0. The van der Waals surface area contributed by atoms with Crippen LogP contribution in [0, 0.1) is 5.41 Å². The third kappa shape index (κ3) is 8.13. The summed E-state index contributed by atoms with van der Waals surface area (Å²) in [6.45, 7) is 3.00. The molecule has 6 nitrogen and oxygen atoms in total. The van der Waals surface area contributed by atoms with Gasteiger partial charge in [-0.3, -0.25) is 4.99 Å². The molecule has 0 aromatic heterocycles. The zero-order valence-electron chi connectivity index (χ0n) is 16.8. The molecule has 0 bridgehead atoms. The number of aliphatic imine (C=N–C) groups is 1. The second-order valence-electron chi connectivity index (χ2n) is 6.83. The van der Waals surface area contributed by atoms with Crippen molar-refractivity contribution in [1.29, 1.82) is 0 Å². The number of hydrogen-bond acceptors (Lipinski definition) is 4. The fourth-order valence-corrected chi connectivity index (χ4v) is 3.48. The van der Waals surface area contributed by atoms with E-state index in [9.17, 15) is 0 Å². The van der Waals surface area contributed by atoms with Crippen molar-refractivity contribution in [2.75, 3.05) is 47.6 Å². The minimum atomic E-state index is 0. The maximum absolute atomic E-state index is 5.75. The molecule has 0 spiro atoms.